The maximum Gasteiger partial charge on any atom is 0.257 e. The maximum atomic E-state index is 12.0. The van der Waals surface area contributed by atoms with Crippen LogP contribution in [0, 0.1) is 0 Å². The number of imidazole rings is 1. The molecule has 1 aromatic carbocycles. The number of allylic oxidation sites excluding steroid dienone is 1. The van der Waals surface area contributed by atoms with Gasteiger partial charge in [-0.15, -0.1) is 6.58 Å². The van der Waals surface area contributed by atoms with Crippen molar-refractivity contribution in [2.24, 2.45) is 0 Å². The molecule has 0 aliphatic heterocycles. The molecule has 2 aromatic heterocycles. The lowest BCUT2D eigenvalue weighted by atomic mass is 10.1. The Morgan fingerprint density at radius 1 is 1.30 bits per heavy atom. The summed E-state index contributed by atoms with van der Waals surface area (Å²) in [5.74, 6) is 0.962. The van der Waals surface area contributed by atoms with Crippen molar-refractivity contribution in [2.45, 2.75) is 12.8 Å². The second kappa shape index (κ2) is 8.89. The average molecular weight is 365 g/mol. The molecule has 0 spiro atoms. The van der Waals surface area contributed by atoms with Gasteiger partial charge < -0.3 is 19.2 Å². The molecular formula is C21H23N3O3. The topological polar surface area (TPSA) is 64.9 Å². The highest BCUT2D eigenvalue weighted by Crippen LogP contribution is 2.28. The molecule has 27 heavy (non-hydrogen) atoms. The molecule has 3 rings (SSSR count). The molecule has 6 heteroatoms. The van der Waals surface area contributed by atoms with Gasteiger partial charge in [0.15, 0.2) is 18.1 Å². The minimum absolute atomic E-state index is 0.0671. The molecule has 2 heterocycles. The Kier molecular flexibility index (Phi) is 6.10. The fraction of sp³-hybridized carbons (Fsp3) is 0.238. The molecule has 0 aliphatic carbocycles. The molecule has 0 fully saturated rings. The number of carbonyl (C=O) groups is 1. The fourth-order valence-electron chi connectivity index (χ4n) is 2.76. The third-order valence-corrected chi connectivity index (χ3v) is 4.08. The SMILES string of the molecule is C=CCc1ccc(OCC(=O)NCCc2cn3ccccc3n2)c(OC)c1. The fourth-order valence-corrected chi connectivity index (χ4v) is 2.76. The number of nitrogens with zero attached hydrogens (tertiary/aromatic N) is 2. The Bertz CT molecular complexity index is 900. The lowest BCUT2D eigenvalue weighted by Gasteiger charge is -2.12. The van der Waals surface area contributed by atoms with Crippen LogP contribution in [0.1, 0.15) is 11.3 Å². The summed E-state index contributed by atoms with van der Waals surface area (Å²) in [7, 11) is 1.58. The summed E-state index contributed by atoms with van der Waals surface area (Å²) in [6, 6.07) is 11.5. The summed E-state index contributed by atoms with van der Waals surface area (Å²) in [5, 5.41) is 2.85. The molecule has 0 atom stereocenters. The summed E-state index contributed by atoms with van der Waals surface area (Å²) in [4.78, 5) is 16.5. The van der Waals surface area contributed by atoms with Crippen molar-refractivity contribution in [2.75, 3.05) is 20.3 Å². The van der Waals surface area contributed by atoms with Gasteiger partial charge in [-0.3, -0.25) is 4.79 Å². The first-order chi connectivity index (χ1) is 13.2. The number of rotatable bonds is 9. The van der Waals surface area contributed by atoms with E-state index < -0.39 is 0 Å². The van der Waals surface area contributed by atoms with Crippen LogP contribution in [0.5, 0.6) is 11.5 Å². The number of hydrogen-bond donors (Lipinski definition) is 1. The third-order valence-electron chi connectivity index (χ3n) is 4.08. The number of nitrogens with one attached hydrogen (secondary N) is 1. The van der Waals surface area contributed by atoms with Crippen LogP contribution >= 0.6 is 0 Å². The summed E-state index contributed by atoms with van der Waals surface area (Å²) in [5.41, 5.74) is 2.90. The molecule has 0 saturated carbocycles. The quantitative estimate of drug-likeness (QED) is 0.592. The van der Waals surface area contributed by atoms with E-state index in [4.69, 9.17) is 9.47 Å². The first-order valence-corrected chi connectivity index (χ1v) is 8.79. The predicted octanol–water partition coefficient (Wildman–Crippen LogP) is 2.81. The Balaban J connectivity index is 1.47. The monoisotopic (exact) mass is 365 g/mol. The van der Waals surface area contributed by atoms with Crippen LogP contribution in [0.2, 0.25) is 0 Å². The van der Waals surface area contributed by atoms with E-state index >= 15 is 0 Å². The molecule has 140 valence electrons. The molecule has 6 nitrogen and oxygen atoms in total. The summed E-state index contributed by atoms with van der Waals surface area (Å²) < 4.78 is 12.9. The van der Waals surface area contributed by atoms with Gasteiger partial charge >= 0.3 is 0 Å². The molecule has 0 saturated heterocycles. The van der Waals surface area contributed by atoms with Gasteiger partial charge in [-0.1, -0.05) is 18.2 Å². The molecule has 0 aliphatic rings. The van der Waals surface area contributed by atoms with E-state index in [1.807, 2.05) is 59.3 Å². The number of amides is 1. The van der Waals surface area contributed by atoms with Crippen molar-refractivity contribution in [3.05, 3.63) is 72.7 Å². The van der Waals surface area contributed by atoms with E-state index in [1.54, 1.807) is 7.11 Å². The van der Waals surface area contributed by atoms with Crippen LogP contribution in [0.4, 0.5) is 0 Å². The standard InChI is InChI=1S/C21H23N3O3/c1-3-6-16-8-9-18(19(13-16)26-2)27-15-21(25)22-11-10-17-14-24-12-5-4-7-20(24)23-17/h3-5,7-9,12-14H,1,6,10-11,15H2,2H3,(H,22,25). The van der Waals surface area contributed by atoms with Crippen LogP contribution in [0.15, 0.2) is 61.4 Å². The number of aromatic nitrogens is 2. The molecule has 0 bridgehead atoms. The molecule has 1 amide bonds. The number of methoxy groups -OCH3 is 1. The van der Waals surface area contributed by atoms with E-state index in [0.717, 1.165) is 23.3 Å². The number of pyridine rings is 1. The van der Waals surface area contributed by atoms with E-state index in [9.17, 15) is 4.79 Å². The number of ether oxygens (including phenoxy) is 2. The van der Waals surface area contributed by atoms with Gasteiger partial charge in [0.2, 0.25) is 0 Å². The number of fused-ring (bicyclic) bond motifs is 1. The Hall–Kier alpha value is -3.28. The molecule has 0 unspecified atom stereocenters. The summed E-state index contributed by atoms with van der Waals surface area (Å²) in [6.07, 6.45) is 7.15. The Morgan fingerprint density at radius 3 is 2.96 bits per heavy atom. The highest BCUT2D eigenvalue weighted by Gasteiger charge is 2.09. The summed E-state index contributed by atoms with van der Waals surface area (Å²) in [6.45, 7) is 4.16. The third kappa shape index (κ3) is 4.88. The number of benzene rings is 1. The van der Waals surface area contributed by atoms with Gasteiger partial charge in [0.25, 0.3) is 5.91 Å². The van der Waals surface area contributed by atoms with Crippen LogP contribution < -0.4 is 14.8 Å². The van der Waals surface area contributed by atoms with Crippen LogP contribution in [-0.2, 0) is 17.6 Å². The van der Waals surface area contributed by atoms with E-state index in [1.165, 1.54) is 0 Å². The highest BCUT2D eigenvalue weighted by molar-refractivity contribution is 5.77. The van der Waals surface area contributed by atoms with Crippen LogP contribution in [0.3, 0.4) is 0 Å². The zero-order chi connectivity index (χ0) is 19.1. The first-order valence-electron chi connectivity index (χ1n) is 8.79. The van der Waals surface area contributed by atoms with E-state index in [2.05, 4.69) is 16.9 Å². The smallest absolute Gasteiger partial charge is 0.257 e. The van der Waals surface area contributed by atoms with Gasteiger partial charge in [-0.25, -0.2) is 4.98 Å². The van der Waals surface area contributed by atoms with Gasteiger partial charge in [0, 0.05) is 25.4 Å². The zero-order valence-electron chi connectivity index (χ0n) is 15.4. The Morgan fingerprint density at radius 2 is 2.19 bits per heavy atom. The van der Waals surface area contributed by atoms with Crippen molar-refractivity contribution in [1.29, 1.82) is 0 Å². The number of hydrogen-bond acceptors (Lipinski definition) is 4. The van der Waals surface area contributed by atoms with Crippen LogP contribution in [-0.4, -0.2) is 35.6 Å². The lowest BCUT2D eigenvalue weighted by Crippen LogP contribution is -2.30. The molecule has 3 aromatic rings. The van der Waals surface area contributed by atoms with Gasteiger partial charge in [0.1, 0.15) is 5.65 Å². The van der Waals surface area contributed by atoms with Gasteiger partial charge in [-0.2, -0.15) is 0 Å². The Labute approximate surface area is 158 Å². The van der Waals surface area contributed by atoms with Crippen molar-refractivity contribution in [3.63, 3.8) is 0 Å². The predicted molar refractivity (Wildman–Crippen MR) is 104 cm³/mol. The van der Waals surface area contributed by atoms with Crippen molar-refractivity contribution in [3.8, 4) is 11.5 Å². The highest BCUT2D eigenvalue weighted by atomic mass is 16.5. The van der Waals surface area contributed by atoms with Crippen molar-refractivity contribution < 1.29 is 14.3 Å². The van der Waals surface area contributed by atoms with Gasteiger partial charge in [0.05, 0.1) is 12.8 Å². The number of carbonyl (C=O) groups excluding carboxylic acids is 1. The minimum atomic E-state index is -0.184. The largest absolute Gasteiger partial charge is 0.493 e. The van der Waals surface area contributed by atoms with Gasteiger partial charge in [-0.05, 0) is 36.2 Å². The molecule has 0 radical (unpaired) electrons. The van der Waals surface area contributed by atoms with Crippen LogP contribution in [0.25, 0.3) is 5.65 Å². The summed E-state index contributed by atoms with van der Waals surface area (Å²) >= 11 is 0. The second-order valence-electron chi connectivity index (χ2n) is 6.06. The molecular weight excluding hydrogens is 342 g/mol. The first kappa shape index (κ1) is 18.5. The maximum absolute atomic E-state index is 12.0. The lowest BCUT2D eigenvalue weighted by molar-refractivity contribution is -0.123. The zero-order valence-corrected chi connectivity index (χ0v) is 15.4. The van der Waals surface area contributed by atoms with E-state index in [-0.39, 0.29) is 12.5 Å². The minimum Gasteiger partial charge on any atom is -0.493 e. The van der Waals surface area contributed by atoms with Crippen molar-refractivity contribution >= 4 is 11.6 Å². The molecule has 1 N–H and O–H groups in total. The second-order valence-corrected chi connectivity index (χ2v) is 6.06. The van der Waals surface area contributed by atoms with Crippen molar-refractivity contribution in [1.82, 2.24) is 14.7 Å². The van der Waals surface area contributed by atoms with E-state index in [0.29, 0.717) is 24.5 Å². The average Bonchev–Trinajstić information content (AvgIpc) is 3.10. The normalized spacial score (nSPS) is 10.6.